The minimum Gasteiger partial charge on any atom is -0.338 e. The van der Waals surface area contributed by atoms with Gasteiger partial charge < -0.3 is 15.5 Å². The van der Waals surface area contributed by atoms with Crippen LogP contribution >= 0.6 is 0 Å². The molecule has 100 valence electrons. The predicted molar refractivity (Wildman–Crippen MR) is 71.1 cm³/mol. The second kappa shape index (κ2) is 7.54. The molecule has 1 heterocycles. The van der Waals surface area contributed by atoms with Crippen LogP contribution in [0.4, 0.5) is 4.79 Å². The third-order valence-electron chi connectivity index (χ3n) is 3.30. The molecule has 1 aliphatic heterocycles. The molecule has 0 spiro atoms. The van der Waals surface area contributed by atoms with Crippen LogP contribution in [-0.2, 0) is 0 Å². The SMILES string of the molecule is CC(C)CCCNC(=O)NC1CCN(C)CC1. The zero-order valence-corrected chi connectivity index (χ0v) is 11.5. The third kappa shape index (κ3) is 6.51. The number of nitrogens with one attached hydrogen (secondary N) is 2. The van der Waals surface area contributed by atoms with E-state index >= 15 is 0 Å². The van der Waals surface area contributed by atoms with Crippen molar-refractivity contribution < 1.29 is 4.79 Å². The zero-order valence-electron chi connectivity index (χ0n) is 11.5. The van der Waals surface area contributed by atoms with Crippen LogP contribution < -0.4 is 10.6 Å². The minimum atomic E-state index is 0.00306. The summed E-state index contributed by atoms with van der Waals surface area (Å²) >= 11 is 0. The Morgan fingerprint density at radius 2 is 2.00 bits per heavy atom. The van der Waals surface area contributed by atoms with E-state index in [9.17, 15) is 4.79 Å². The molecule has 0 radical (unpaired) electrons. The van der Waals surface area contributed by atoms with Crippen LogP contribution in [0.2, 0.25) is 0 Å². The average molecular weight is 241 g/mol. The van der Waals surface area contributed by atoms with Gasteiger partial charge in [-0.25, -0.2) is 4.79 Å². The summed E-state index contributed by atoms with van der Waals surface area (Å²) in [6, 6.07) is 0.361. The van der Waals surface area contributed by atoms with E-state index in [4.69, 9.17) is 0 Å². The predicted octanol–water partition coefficient (Wildman–Crippen LogP) is 1.82. The highest BCUT2D eigenvalue weighted by molar-refractivity contribution is 5.74. The van der Waals surface area contributed by atoms with Crippen molar-refractivity contribution in [2.24, 2.45) is 5.92 Å². The summed E-state index contributed by atoms with van der Waals surface area (Å²) in [4.78, 5) is 13.9. The molecule has 0 aromatic carbocycles. The Bertz CT molecular complexity index is 223. The number of piperidine rings is 1. The van der Waals surface area contributed by atoms with Gasteiger partial charge in [-0.05, 0) is 51.7 Å². The van der Waals surface area contributed by atoms with Crippen LogP contribution in [0.15, 0.2) is 0 Å². The lowest BCUT2D eigenvalue weighted by atomic mass is 10.1. The Hall–Kier alpha value is -0.770. The molecule has 0 saturated carbocycles. The van der Waals surface area contributed by atoms with Crippen molar-refractivity contribution in [1.29, 1.82) is 0 Å². The first-order valence-corrected chi connectivity index (χ1v) is 6.81. The molecule has 1 aliphatic rings. The van der Waals surface area contributed by atoms with Crippen molar-refractivity contribution in [3.63, 3.8) is 0 Å². The number of nitrogens with zero attached hydrogens (tertiary/aromatic N) is 1. The molecule has 1 saturated heterocycles. The molecule has 17 heavy (non-hydrogen) atoms. The maximum Gasteiger partial charge on any atom is 0.315 e. The van der Waals surface area contributed by atoms with Gasteiger partial charge in [0.05, 0.1) is 0 Å². The Morgan fingerprint density at radius 3 is 2.59 bits per heavy atom. The number of carbonyl (C=O) groups excluding carboxylic acids is 1. The smallest absolute Gasteiger partial charge is 0.315 e. The van der Waals surface area contributed by atoms with Crippen LogP contribution in [0.5, 0.6) is 0 Å². The van der Waals surface area contributed by atoms with Crippen LogP contribution in [0, 0.1) is 5.92 Å². The highest BCUT2D eigenvalue weighted by atomic mass is 16.2. The lowest BCUT2D eigenvalue weighted by Gasteiger charge is -2.29. The molecule has 0 aromatic heterocycles. The topological polar surface area (TPSA) is 44.4 Å². The minimum absolute atomic E-state index is 0.00306. The van der Waals surface area contributed by atoms with Gasteiger partial charge in [-0.2, -0.15) is 0 Å². The van der Waals surface area contributed by atoms with Crippen molar-refractivity contribution in [2.75, 3.05) is 26.7 Å². The molecule has 2 amide bonds. The number of urea groups is 1. The standard InChI is InChI=1S/C13H27N3O/c1-11(2)5-4-8-14-13(17)15-12-6-9-16(3)10-7-12/h11-12H,4-10H2,1-3H3,(H2,14,15,17). The van der Waals surface area contributed by atoms with E-state index in [2.05, 4.69) is 36.4 Å². The zero-order chi connectivity index (χ0) is 12.7. The first-order valence-electron chi connectivity index (χ1n) is 6.81. The van der Waals surface area contributed by atoms with Crippen molar-refractivity contribution in [3.05, 3.63) is 0 Å². The molecule has 0 bridgehead atoms. The van der Waals surface area contributed by atoms with Crippen molar-refractivity contribution >= 4 is 6.03 Å². The molecular weight excluding hydrogens is 214 g/mol. The fourth-order valence-electron chi connectivity index (χ4n) is 2.10. The van der Waals surface area contributed by atoms with Gasteiger partial charge in [-0.3, -0.25) is 0 Å². The van der Waals surface area contributed by atoms with Crippen molar-refractivity contribution in [2.45, 2.75) is 45.6 Å². The summed E-state index contributed by atoms with van der Waals surface area (Å²) in [6.45, 7) is 7.37. The summed E-state index contributed by atoms with van der Waals surface area (Å²) in [7, 11) is 2.13. The maximum absolute atomic E-state index is 11.6. The van der Waals surface area contributed by atoms with Gasteiger partial charge in [0.1, 0.15) is 0 Å². The van der Waals surface area contributed by atoms with E-state index < -0.39 is 0 Å². The Labute approximate surface area is 105 Å². The lowest BCUT2D eigenvalue weighted by Crippen LogP contribution is -2.47. The van der Waals surface area contributed by atoms with Crippen LogP contribution in [0.25, 0.3) is 0 Å². The monoisotopic (exact) mass is 241 g/mol. The van der Waals surface area contributed by atoms with Crippen molar-refractivity contribution in [1.82, 2.24) is 15.5 Å². The summed E-state index contributed by atoms with van der Waals surface area (Å²) < 4.78 is 0. The van der Waals surface area contributed by atoms with Crippen LogP contribution in [0.3, 0.4) is 0 Å². The number of hydrogen-bond donors (Lipinski definition) is 2. The number of carbonyl (C=O) groups is 1. The van der Waals surface area contributed by atoms with E-state index in [1.807, 2.05) is 0 Å². The van der Waals surface area contributed by atoms with E-state index in [0.29, 0.717) is 12.0 Å². The van der Waals surface area contributed by atoms with Crippen molar-refractivity contribution in [3.8, 4) is 0 Å². The normalized spacial score (nSPS) is 18.4. The van der Waals surface area contributed by atoms with Gasteiger partial charge in [0.2, 0.25) is 0 Å². The molecule has 0 aromatic rings. The molecule has 2 N–H and O–H groups in total. The number of rotatable bonds is 5. The van der Waals surface area contributed by atoms with Crippen LogP contribution in [0.1, 0.15) is 39.5 Å². The fraction of sp³-hybridized carbons (Fsp3) is 0.923. The molecule has 0 unspecified atom stereocenters. The average Bonchev–Trinajstić information content (AvgIpc) is 2.27. The summed E-state index contributed by atoms with van der Waals surface area (Å²) in [5, 5.41) is 5.98. The molecule has 0 aliphatic carbocycles. The molecular formula is C13H27N3O. The first-order chi connectivity index (χ1) is 8.08. The van der Waals surface area contributed by atoms with E-state index in [-0.39, 0.29) is 6.03 Å². The van der Waals surface area contributed by atoms with Gasteiger partial charge in [-0.15, -0.1) is 0 Å². The quantitative estimate of drug-likeness (QED) is 0.721. The fourth-order valence-corrected chi connectivity index (χ4v) is 2.10. The number of hydrogen-bond acceptors (Lipinski definition) is 2. The maximum atomic E-state index is 11.6. The second-order valence-corrected chi connectivity index (χ2v) is 5.51. The van der Waals surface area contributed by atoms with Crippen LogP contribution in [-0.4, -0.2) is 43.7 Å². The van der Waals surface area contributed by atoms with E-state index in [0.717, 1.165) is 38.9 Å². The number of amides is 2. The van der Waals surface area contributed by atoms with Gasteiger partial charge in [0.25, 0.3) is 0 Å². The molecule has 4 heteroatoms. The summed E-state index contributed by atoms with van der Waals surface area (Å²) in [6.07, 6.45) is 4.37. The second-order valence-electron chi connectivity index (χ2n) is 5.51. The molecule has 4 nitrogen and oxygen atoms in total. The highest BCUT2D eigenvalue weighted by Gasteiger charge is 2.17. The van der Waals surface area contributed by atoms with Gasteiger partial charge in [-0.1, -0.05) is 13.8 Å². The largest absolute Gasteiger partial charge is 0.338 e. The van der Waals surface area contributed by atoms with E-state index in [1.165, 1.54) is 6.42 Å². The Balaban J connectivity index is 2.04. The Morgan fingerprint density at radius 1 is 1.35 bits per heavy atom. The molecule has 1 fully saturated rings. The molecule has 0 atom stereocenters. The third-order valence-corrected chi connectivity index (χ3v) is 3.30. The van der Waals surface area contributed by atoms with Gasteiger partial charge in [0.15, 0.2) is 0 Å². The first kappa shape index (κ1) is 14.3. The van der Waals surface area contributed by atoms with Gasteiger partial charge >= 0.3 is 6.03 Å². The number of likely N-dealkylation sites (tertiary alicyclic amines) is 1. The summed E-state index contributed by atoms with van der Waals surface area (Å²) in [5.74, 6) is 0.716. The van der Waals surface area contributed by atoms with Gasteiger partial charge in [0, 0.05) is 12.6 Å². The highest BCUT2D eigenvalue weighted by Crippen LogP contribution is 2.07. The Kier molecular flexibility index (Phi) is 6.34. The summed E-state index contributed by atoms with van der Waals surface area (Å²) in [5.41, 5.74) is 0. The molecule has 1 rings (SSSR count). The van der Waals surface area contributed by atoms with E-state index in [1.54, 1.807) is 0 Å². The lowest BCUT2D eigenvalue weighted by molar-refractivity contribution is 0.213.